The van der Waals surface area contributed by atoms with E-state index in [4.69, 9.17) is 5.11 Å². The molecule has 0 bridgehead atoms. The Bertz CT molecular complexity index is 167. The molecular formula is C7H12O3S. The van der Waals surface area contributed by atoms with Crippen LogP contribution in [0, 0.1) is 5.92 Å². The molecule has 0 aromatic rings. The van der Waals surface area contributed by atoms with Crippen molar-refractivity contribution in [1.82, 2.24) is 0 Å². The monoisotopic (exact) mass is 176 g/mol. The number of Topliss-reactive ketones (excluding diaryl/α,β-unsaturated/α-hetero) is 1. The molecule has 0 saturated carbocycles. The summed E-state index contributed by atoms with van der Waals surface area (Å²) in [5.74, 6) is -1.80. The molecule has 4 heteroatoms. The summed E-state index contributed by atoms with van der Waals surface area (Å²) in [7, 11) is 0. The number of carboxylic acid groups (broad SMARTS) is 1. The average molecular weight is 176 g/mol. The number of carbonyl (C=O) groups excluding carboxylic acids is 1. The molecule has 0 radical (unpaired) electrons. The molecule has 1 N–H and O–H groups in total. The van der Waals surface area contributed by atoms with Gasteiger partial charge in [0.1, 0.15) is 5.78 Å². The van der Waals surface area contributed by atoms with Crippen LogP contribution in [0.3, 0.4) is 0 Å². The van der Waals surface area contributed by atoms with E-state index in [-0.39, 0.29) is 5.78 Å². The summed E-state index contributed by atoms with van der Waals surface area (Å²) in [5, 5.41) is 7.92. The first-order valence-electron chi connectivity index (χ1n) is 3.42. The molecule has 0 aliphatic rings. The van der Waals surface area contributed by atoms with E-state index in [2.05, 4.69) is 12.6 Å². The van der Waals surface area contributed by atoms with Crippen molar-refractivity contribution in [2.24, 2.45) is 5.92 Å². The van der Waals surface area contributed by atoms with Gasteiger partial charge in [0.2, 0.25) is 0 Å². The second kappa shape index (κ2) is 4.38. The zero-order valence-corrected chi connectivity index (χ0v) is 7.47. The van der Waals surface area contributed by atoms with E-state index in [1.165, 1.54) is 6.92 Å². The molecule has 0 aliphatic carbocycles. The maximum atomic E-state index is 10.7. The zero-order valence-electron chi connectivity index (χ0n) is 6.57. The van der Waals surface area contributed by atoms with Gasteiger partial charge in [0.15, 0.2) is 0 Å². The Morgan fingerprint density at radius 2 is 2.00 bits per heavy atom. The lowest BCUT2D eigenvalue weighted by atomic mass is 10.00. The fourth-order valence-corrected chi connectivity index (χ4v) is 1.15. The summed E-state index contributed by atoms with van der Waals surface area (Å²) < 4.78 is 0. The summed E-state index contributed by atoms with van der Waals surface area (Å²) >= 11 is 3.91. The summed E-state index contributed by atoms with van der Waals surface area (Å²) in [4.78, 5) is 21.2. The summed E-state index contributed by atoms with van der Waals surface area (Å²) in [6, 6.07) is 0. The van der Waals surface area contributed by atoms with E-state index in [0.717, 1.165) is 0 Å². The molecule has 0 amide bonds. The van der Waals surface area contributed by atoms with Gasteiger partial charge in [0.05, 0.1) is 11.2 Å². The third kappa shape index (κ3) is 2.93. The van der Waals surface area contributed by atoms with Gasteiger partial charge in [-0.3, -0.25) is 9.59 Å². The summed E-state index contributed by atoms with van der Waals surface area (Å²) in [6.07, 6.45) is 0.434. The van der Waals surface area contributed by atoms with Crippen LogP contribution >= 0.6 is 12.6 Å². The van der Waals surface area contributed by atoms with Crippen molar-refractivity contribution in [3.63, 3.8) is 0 Å². The maximum absolute atomic E-state index is 10.7. The number of aliphatic carboxylic acids is 1. The van der Waals surface area contributed by atoms with Crippen LogP contribution in [-0.2, 0) is 9.59 Å². The highest BCUT2D eigenvalue weighted by Crippen LogP contribution is 2.15. The SMILES string of the molecule is CCC(C(=O)O)C(S)C(C)=O. The Kier molecular flexibility index (Phi) is 4.18. The van der Waals surface area contributed by atoms with Gasteiger partial charge in [-0.1, -0.05) is 6.92 Å². The van der Waals surface area contributed by atoms with E-state index >= 15 is 0 Å². The first kappa shape index (κ1) is 10.5. The fraction of sp³-hybridized carbons (Fsp3) is 0.714. The number of rotatable bonds is 4. The topological polar surface area (TPSA) is 54.4 Å². The van der Waals surface area contributed by atoms with Gasteiger partial charge in [0.25, 0.3) is 0 Å². The molecule has 0 saturated heterocycles. The van der Waals surface area contributed by atoms with Crippen molar-refractivity contribution < 1.29 is 14.7 Å². The minimum absolute atomic E-state index is 0.192. The highest BCUT2D eigenvalue weighted by atomic mass is 32.1. The standard InChI is InChI=1S/C7H12O3S/c1-3-5(7(9)10)6(11)4(2)8/h5-6,11H,3H2,1-2H3,(H,9,10). The van der Waals surface area contributed by atoms with Gasteiger partial charge in [-0.2, -0.15) is 12.6 Å². The largest absolute Gasteiger partial charge is 0.481 e. The van der Waals surface area contributed by atoms with Crippen LogP contribution in [-0.4, -0.2) is 22.1 Å². The molecular weight excluding hydrogens is 164 g/mol. The molecule has 0 aromatic carbocycles. The zero-order chi connectivity index (χ0) is 9.02. The molecule has 0 rings (SSSR count). The molecule has 2 unspecified atom stereocenters. The molecule has 0 fully saturated rings. The lowest BCUT2D eigenvalue weighted by Crippen LogP contribution is -2.28. The Labute approximate surface area is 71.2 Å². The lowest BCUT2D eigenvalue weighted by molar-refractivity contribution is -0.143. The number of carbonyl (C=O) groups is 2. The highest BCUT2D eigenvalue weighted by Gasteiger charge is 2.26. The number of hydrogen-bond donors (Lipinski definition) is 2. The van der Waals surface area contributed by atoms with Crippen LogP contribution in [0.25, 0.3) is 0 Å². The van der Waals surface area contributed by atoms with Gasteiger partial charge in [-0.05, 0) is 13.3 Å². The minimum Gasteiger partial charge on any atom is -0.481 e. The van der Waals surface area contributed by atoms with Gasteiger partial charge in [0, 0.05) is 0 Å². The molecule has 2 atom stereocenters. The third-order valence-electron chi connectivity index (χ3n) is 1.55. The van der Waals surface area contributed by atoms with Gasteiger partial charge in [-0.25, -0.2) is 0 Å². The van der Waals surface area contributed by atoms with Crippen LogP contribution in [0.4, 0.5) is 0 Å². The minimum atomic E-state index is -0.956. The van der Waals surface area contributed by atoms with Crippen LogP contribution < -0.4 is 0 Å². The molecule has 64 valence electrons. The van der Waals surface area contributed by atoms with E-state index in [9.17, 15) is 9.59 Å². The van der Waals surface area contributed by atoms with Crippen molar-refractivity contribution in [2.75, 3.05) is 0 Å². The Morgan fingerprint density at radius 1 is 1.55 bits per heavy atom. The molecule has 3 nitrogen and oxygen atoms in total. The number of ketones is 1. The molecule has 11 heavy (non-hydrogen) atoms. The number of thiol groups is 1. The number of carboxylic acids is 1. The third-order valence-corrected chi connectivity index (χ3v) is 2.28. The van der Waals surface area contributed by atoms with Gasteiger partial charge >= 0.3 is 5.97 Å². The second-order valence-corrected chi connectivity index (χ2v) is 2.96. The Balaban J connectivity index is 4.25. The summed E-state index contributed by atoms with van der Waals surface area (Å²) in [6.45, 7) is 3.08. The van der Waals surface area contributed by atoms with Crippen molar-refractivity contribution in [3.05, 3.63) is 0 Å². The first-order chi connectivity index (χ1) is 5.00. The van der Waals surface area contributed by atoms with Crippen LogP contribution in [0.5, 0.6) is 0 Å². The predicted molar refractivity (Wildman–Crippen MR) is 44.9 cm³/mol. The van der Waals surface area contributed by atoms with Crippen molar-refractivity contribution >= 4 is 24.4 Å². The van der Waals surface area contributed by atoms with Crippen LogP contribution in [0.15, 0.2) is 0 Å². The van der Waals surface area contributed by atoms with E-state index < -0.39 is 17.1 Å². The predicted octanol–water partition coefficient (Wildman–Crippen LogP) is 0.985. The first-order valence-corrected chi connectivity index (χ1v) is 3.93. The normalized spacial score (nSPS) is 15.5. The summed E-state index contributed by atoms with van der Waals surface area (Å²) in [5.41, 5.74) is 0. The van der Waals surface area contributed by atoms with E-state index in [1.807, 2.05) is 0 Å². The Morgan fingerprint density at radius 3 is 2.09 bits per heavy atom. The molecule has 0 aliphatic heterocycles. The Hall–Kier alpha value is -0.510. The second-order valence-electron chi connectivity index (χ2n) is 2.41. The van der Waals surface area contributed by atoms with Gasteiger partial charge in [-0.15, -0.1) is 0 Å². The van der Waals surface area contributed by atoms with Crippen molar-refractivity contribution in [3.8, 4) is 0 Å². The lowest BCUT2D eigenvalue weighted by Gasteiger charge is -2.13. The molecule has 0 aromatic heterocycles. The van der Waals surface area contributed by atoms with Crippen molar-refractivity contribution in [2.45, 2.75) is 25.5 Å². The van der Waals surface area contributed by atoms with Crippen molar-refractivity contribution in [1.29, 1.82) is 0 Å². The molecule has 0 spiro atoms. The quantitative estimate of drug-likeness (QED) is 0.628. The maximum Gasteiger partial charge on any atom is 0.308 e. The van der Waals surface area contributed by atoms with Gasteiger partial charge < -0.3 is 5.11 Å². The van der Waals surface area contributed by atoms with E-state index in [1.54, 1.807) is 6.92 Å². The smallest absolute Gasteiger partial charge is 0.308 e. The average Bonchev–Trinajstić information content (AvgIpc) is 1.88. The fourth-order valence-electron chi connectivity index (χ4n) is 0.816. The van der Waals surface area contributed by atoms with E-state index in [0.29, 0.717) is 6.42 Å². The van der Waals surface area contributed by atoms with Crippen LogP contribution in [0.1, 0.15) is 20.3 Å². The highest BCUT2D eigenvalue weighted by molar-refractivity contribution is 7.81. The number of hydrogen-bond acceptors (Lipinski definition) is 3. The molecule has 0 heterocycles. The van der Waals surface area contributed by atoms with Crippen LogP contribution in [0.2, 0.25) is 0 Å².